The molecule has 0 saturated carbocycles. The summed E-state index contributed by atoms with van der Waals surface area (Å²) in [5, 5.41) is 0.450. The van der Waals surface area contributed by atoms with Crippen molar-refractivity contribution >= 4 is 33.3 Å². The topological polar surface area (TPSA) is 46.6 Å². The smallest absolute Gasteiger partial charge is 0.349 e. The van der Waals surface area contributed by atoms with Crippen LogP contribution in [0.5, 0.6) is 0 Å². The molecule has 0 spiro atoms. The van der Waals surface area contributed by atoms with E-state index < -0.39 is 12.1 Å². The van der Waals surface area contributed by atoms with Crippen molar-refractivity contribution < 1.29 is 18.7 Å². The standard InChI is InChI=1S/C19H22FNO3S/c1-12-16-14(20)8-7-9-15(16)25-17(12)19(23)24-13(2)18(22)21-10-5-3-4-6-11-21/h7-9,13H,3-6,10-11H2,1-2H3/t13-/m0/s1. The molecule has 2 heterocycles. The van der Waals surface area contributed by atoms with E-state index in [1.54, 1.807) is 30.9 Å². The fourth-order valence-electron chi connectivity index (χ4n) is 3.26. The van der Waals surface area contributed by atoms with Crippen LogP contribution in [0.25, 0.3) is 10.1 Å². The van der Waals surface area contributed by atoms with Gasteiger partial charge in [-0.05, 0) is 44.4 Å². The Morgan fingerprint density at radius 1 is 1.20 bits per heavy atom. The van der Waals surface area contributed by atoms with Crippen LogP contribution in [0.3, 0.4) is 0 Å². The first-order valence-corrected chi connectivity index (χ1v) is 9.48. The summed E-state index contributed by atoms with van der Waals surface area (Å²) in [5.41, 5.74) is 0.567. The van der Waals surface area contributed by atoms with E-state index in [0.717, 1.165) is 25.7 Å². The molecule has 0 aliphatic carbocycles. The fourth-order valence-corrected chi connectivity index (χ4v) is 4.37. The zero-order chi connectivity index (χ0) is 18.0. The summed E-state index contributed by atoms with van der Waals surface area (Å²) in [7, 11) is 0. The number of aryl methyl sites for hydroxylation is 1. The van der Waals surface area contributed by atoms with Gasteiger partial charge < -0.3 is 9.64 Å². The Labute approximate surface area is 150 Å². The number of carbonyl (C=O) groups excluding carboxylic acids is 2. The molecule has 0 N–H and O–H groups in total. The minimum Gasteiger partial charge on any atom is -0.448 e. The van der Waals surface area contributed by atoms with Crippen molar-refractivity contribution in [1.29, 1.82) is 0 Å². The zero-order valence-corrected chi connectivity index (χ0v) is 15.3. The first-order valence-electron chi connectivity index (χ1n) is 8.66. The van der Waals surface area contributed by atoms with E-state index in [2.05, 4.69) is 0 Å². The molecule has 25 heavy (non-hydrogen) atoms. The predicted octanol–water partition coefficient (Wildman–Crippen LogP) is 4.30. The summed E-state index contributed by atoms with van der Waals surface area (Å²) < 4.78 is 20.1. The van der Waals surface area contributed by atoms with E-state index in [1.165, 1.54) is 17.4 Å². The highest BCUT2D eigenvalue weighted by atomic mass is 32.1. The van der Waals surface area contributed by atoms with E-state index in [4.69, 9.17) is 4.74 Å². The van der Waals surface area contributed by atoms with Crippen LogP contribution in [0.4, 0.5) is 4.39 Å². The lowest BCUT2D eigenvalue weighted by Crippen LogP contribution is -2.40. The third-order valence-corrected chi connectivity index (χ3v) is 5.87. The SMILES string of the molecule is Cc1c(C(=O)O[C@@H](C)C(=O)N2CCCCCC2)sc2cccc(F)c12. The molecular formula is C19H22FNO3S. The van der Waals surface area contributed by atoms with Crippen molar-refractivity contribution in [2.24, 2.45) is 0 Å². The quantitative estimate of drug-likeness (QED) is 0.764. The lowest BCUT2D eigenvalue weighted by molar-refractivity contribution is -0.139. The van der Waals surface area contributed by atoms with Gasteiger partial charge in [0.2, 0.25) is 0 Å². The van der Waals surface area contributed by atoms with Crippen LogP contribution >= 0.6 is 11.3 Å². The molecule has 0 bridgehead atoms. The maximum Gasteiger partial charge on any atom is 0.349 e. The number of hydrogen-bond donors (Lipinski definition) is 0. The number of benzene rings is 1. The van der Waals surface area contributed by atoms with Crippen LogP contribution in [0.2, 0.25) is 0 Å². The van der Waals surface area contributed by atoms with E-state index in [9.17, 15) is 14.0 Å². The van der Waals surface area contributed by atoms with Gasteiger partial charge in [0.15, 0.2) is 6.10 Å². The maximum atomic E-state index is 14.0. The van der Waals surface area contributed by atoms with Gasteiger partial charge in [-0.2, -0.15) is 0 Å². The number of fused-ring (bicyclic) bond motifs is 1. The second-order valence-corrected chi connectivity index (χ2v) is 7.51. The lowest BCUT2D eigenvalue weighted by Gasteiger charge is -2.23. The van der Waals surface area contributed by atoms with Crippen LogP contribution in [0.1, 0.15) is 47.8 Å². The van der Waals surface area contributed by atoms with Gasteiger partial charge in [-0.25, -0.2) is 9.18 Å². The van der Waals surface area contributed by atoms with Crippen molar-refractivity contribution in [2.45, 2.75) is 45.6 Å². The zero-order valence-electron chi connectivity index (χ0n) is 14.5. The van der Waals surface area contributed by atoms with Crippen LogP contribution in [0, 0.1) is 12.7 Å². The molecule has 0 unspecified atom stereocenters. The van der Waals surface area contributed by atoms with Crippen LogP contribution in [0.15, 0.2) is 18.2 Å². The number of ether oxygens (including phenoxy) is 1. The number of nitrogens with zero attached hydrogens (tertiary/aromatic N) is 1. The number of amides is 1. The van der Waals surface area contributed by atoms with Gasteiger partial charge in [0.05, 0.1) is 0 Å². The van der Waals surface area contributed by atoms with Gasteiger partial charge in [0, 0.05) is 23.2 Å². The normalized spacial score (nSPS) is 16.5. The van der Waals surface area contributed by atoms with Gasteiger partial charge in [0.1, 0.15) is 10.7 Å². The Kier molecular flexibility index (Phi) is 5.37. The predicted molar refractivity (Wildman–Crippen MR) is 96.4 cm³/mol. The summed E-state index contributed by atoms with van der Waals surface area (Å²) in [4.78, 5) is 27.2. The largest absolute Gasteiger partial charge is 0.448 e. The van der Waals surface area contributed by atoms with Gasteiger partial charge in [-0.1, -0.05) is 18.9 Å². The molecular weight excluding hydrogens is 341 g/mol. The van der Waals surface area contributed by atoms with Crippen molar-refractivity contribution in [3.63, 3.8) is 0 Å². The lowest BCUT2D eigenvalue weighted by atomic mass is 10.1. The van der Waals surface area contributed by atoms with Gasteiger partial charge in [0.25, 0.3) is 5.91 Å². The molecule has 6 heteroatoms. The maximum absolute atomic E-state index is 14.0. The number of rotatable bonds is 3. The Hall–Kier alpha value is -1.95. The molecule has 1 aliphatic heterocycles. The summed E-state index contributed by atoms with van der Waals surface area (Å²) in [6.45, 7) is 4.75. The van der Waals surface area contributed by atoms with Crippen LogP contribution in [-0.2, 0) is 9.53 Å². The average molecular weight is 363 g/mol. The highest BCUT2D eigenvalue weighted by Gasteiger charge is 2.27. The van der Waals surface area contributed by atoms with E-state index in [-0.39, 0.29) is 11.7 Å². The summed E-state index contributed by atoms with van der Waals surface area (Å²) in [5.74, 6) is -1.06. The Bertz CT molecular complexity index is 793. The molecule has 1 amide bonds. The molecule has 1 aliphatic rings. The Morgan fingerprint density at radius 2 is 1.88 bits per heavy atom. The van der Waals surface area contributed by atoms with Crippen molar-refractivity contribution in [2.75, 3.05) is 13.1 Å². The molecule has 1 saturated heterocycles. The number of halogens is 1. The first-order chi connectivity index (χ1) is 12.0. The first kappa shape index (κ1) is 17.9. The van der Waals surface area contributed by atoms with Crippen molar-refractivity contribution in [1.82, 2.24) is 4.90 Å². The summed E-state index contributed by atoms with van der Waals surface area (Å²) in [6.07, 6.45) is 3.40. The van der Waals surface area contributed by atoms with Gasteiger partial charge >= 0.3 is 5.97 Å². The minimum absolute atomic E-state index is 0.153. The van der Waals surface area contributed by atoms with Crippen LogP contribution < -0.4 is 0 Å². The second kappa shape index (κ2) is 7.52. The number of hydrogen-bond acceptors (Lipinski definition) is 4. The number of carbonyl (C=O) groups is 2. The molecule has 1 atom stereocenters. The van der Waals surface area contributed by atoms with E-state index in [1.807, 2.05) is 0 Å². The van der Waals surface area contributed by atoms with E-state index >= 15 is 0 Å². The van der Waals surface area contributed by atoms with E-state index in [0.29, 0.717) is 33.6 Å². The molecule has 2 aromatic rings. The highest BCUT2D eigenvalue weighted by Crippen LogP contribution is 2.33. The van der Waals surface area contributed by atoms with Crippen molar-refractivity contribution in [3.05, 3.63) is 34.5 Å². The third-order valence-electron chi connectivity index (χ3n) is 4.64. The molecule has 0 radical (unpaired) electrons. The molecule has 1 fully saturated rings. The average Bonchev–Trinajstić information content (AvgIpc) is 2.76. The molecule has 3 rings (SSSR count). The van der Waals surface area contributed by atoms with Gasteiger partial charge in [-0.15, -0.1) is 11.3 Å². The Morgan fingerprint density at radius 3 is 2.52 bits per heavy atom. The molecule has 1 aromatic heterocycles. The number of esters is 1. The molecule has 134 valence electrons. The number of thiophene rings is 1. The minimum atomic E-state index is -0.833. The molecule has 1 aromatic carbocycles. The third kappa shape index (κ3) is 3.68. The number of likely N-dealkylation sites (tertiary alicyclic amines) is 1. The summed E-state index contributed by atoms with van der Waals surface area (Å²) >= 11 is 1.20. The second-order valence-electron chi connectivity index (χ2n) is 6.46. The highest BCUT2D eigenvalue weighted by molar-refractivity contribution is 7.21. The molecule has 4 nitrogen and oxygen atoms in total. The monoisotopic (exact) mass is 363 g/mol. The summed E-state index contributed by atoms with van der Waals surface area (Å²) in [6, 6.07) is 4.77. The Balaban J connectivity index is 1.74. The van der Waals surface area contributed by atoms with Crippen molar-refractivity contribution in [3.8, 4) is 0 Å². The van der Waals surface area contributed by atoms with Gasteiger partial charge in [-0.3, -0.25) is 4.79 Å². The fraction of sp³-hybridized carbons (Fsp3) is 0.474. The van der Waals surface area contributed by atoms with Crippen LogP contribution in [-0.4, -0.2) is 36.0 Å².